The van der Waals surface area contributed by atoms with Crippen molar-refractivity contribution in [1.82, 2.24) is 9.97 Å². The summed E-state index contributed by atoms with van der Waals surface area (Å²) in [6.07, 6.45) is 1.09. The molecular formula is C15H21N3O2S. The lowest BCUT2D eigenvalue weighted by Gasteiger charge is -2.19. The molecule has 0 aliphatic carbocycles. The van der Waals surface area contributed by atoms with Crippen molar-refractivity contribution in [3.63, 3.8) is 0 Å². The number of thiophene rings is 1. The summed E-state index contributed by atoms with van der Waals surface area (Å²) in [5.74, 6) is 0.913. The van der Waals surface area contributed by atoms with Crippen LogP contribution < -0.4 is 4.90 Å². The van der Waals surface area contributed by atoms with Gasteiger partial charge in [0.2, 0.25) is 0 Å². The third-order valence-electron chi connectivity index (χ3n) is 3.93. The molecule has 3 heterocycles. The van der Waals surface area contributed by atoms with Crippen LogP contribution in [-0.4, -0.2) is 46.5 Å². The van der Waals surface area contributed by atoms with Crippen molar-refractivity contribution in [3.05, 3.63) is 16.8 Å². The molecule has 0 unspecified atom stereocenters. The van der Waals surface area contributed by atoms with E-state index < -0.39 is 6.10 Å². The van der Waals surface area contributed by atoms with E-state index in [0.29, 0.717) is 13.1 Å². The monoisotopic (exact) mass is 307 g/mol. The molecule has 1 saturated heterocycles. The summed E-state index contributed by atoms with van der Waals surface area (Å²) < 4.78 is 5.79. The van der Waals surface area contributed by atoms with Crippen molar-refractivity contribution in [2.45, 2.75) is 46.0 Å². The first kappa shape index (κ1) is 14.7. The Kier molecular flexibility index (Phi) is 3.86. The molecule has 5 nitrogen and oxygen atoms in total. The average molecular weight is 307 g/mol. The highest BCUT2D eigenvalue weighted by Crippen LogP contribution is 2.35. The van der Waals surface area contributed by atoms with Crippen LogP contribution in [0.15, 0.2) is 6.33 Å². The van der Waals surface area contributed by atoms with E-state index in [0.717, 1.165) is 16.0 Å². The fourth-order valence-electron chi connectivity index (χ4n) is 2.82. The number of nitrogens with zero attached hydrogens (tertiary/aromatic N) is 3. The van der Waals surface area contributed by atoms with Crippen LogP contribution >= 0.6 is 11.3 Å². The molecule has 0 amide bonds. The zero-order chi connectivity index (χ0) is 15.1. The van der Waals surface area contributed by atoms with Gasteiger partial charge in [-0.05, 0) is 33.3 Å². The minimum absolute atomic E-state index is 0.111. The number of aliphatic hydroxyl groups is 1. The number of β-amino-alcohol motifs (C(OH)–C–C–N with tert-alkyl or cyclic N) is 1. The number of hydrogen-bond acceptors (Lipinski definition) is 6. The maximum Gasteiger partial charge on any atom is 0.141 e. The molecule has 0 bridgehead atoms. The fraction of sp³-hybridized carbons (Fsp3) is 0.600. The third-order valence-corrected chi connectivity index (χ3v) is 5.04. The van der Waals surface area contributed by atoms with Crippen molar-refractivity contribution < 1.29 is 9.84 Å². The Morgan fingerprint density at radius 1 is 1.33 bits per heavy atom. The van der Waals surface area contributed by atoms with E-state index in [9.17, 15) is 5.11 Å². The summed E-state index contributed by atoms with van der Waals surface area (Å²) in [4.78, 5) is 13.2. The van der Waals surface area contributed by atoms with Gasteiger partial charge in [-0.15, -0.1) is 11.3 Å². The highest BCUT2D eigenvalue weighted by molar-refractivity contribution is 7.18. The van der Waals surface area contributed by atoms with Gasteiger partial charge >= 0.3 is 0 Å². The molecule has 0 aromatic carbocycles. The van der Waals surface area contributed by atoms with Crippen LogP contribution in [-0.2, 0) is 4.74 Å². The Morgan fingerprint density at radius 3 is 2.81 bits per heavy atom. The summed E-state index contributed by atoms with van der Waals surface area (Å²) in [6.45, 7) is 9.41. The minimum atomic E-state index is -0.475. The van der Waals surface area contributed by atoms with Crippen LogP contribution in [0.5, 0.6) is 0 Å². The molecule has 1 aliphatic rings. The van der Waals surface area contributed by atoms with Crippen LogP contribution in [0.4, 0.5) is 5.82 Å². The summed E-state index contributed by atoms with van der Waals surface area (Å²) in [5, 5.41) is 11.3. The van der Waals surface area contributed by atoms with Crippen LogP contribution in [0.25, 0.3) is 10.2 Å². The number of aliphatic hydroxyl groups excluding tert-OH is 1. The Hall–Kier alpha value is -1.24. The smallest absolute Gasteiger partial charge is 0.141 e. The average Bonchev–Trinajstić information content (AvgIpc) is 2.91. The van der Waals surface area contributed by atoms with E-state index in [1.54, 1.807) is 17.7 Å². The van der Waals surface area contributed by atoms with Crippen LogP contribution in [0.2, 0.25) is 0 Å². The minimum Gasteiger partial charge on any atom is -0.388 e. The lowest BCUT2D eigenvalue weighted by molar-refractivity contribution is -0.0386. The number of hydrogen-bond donors (Lipinski definition) is 1. The number of ether oxygens (including phenoxy) is 1. The molecular weight excluding hydrogens is 286 g/mol. The molecule has 0 saturated carbocycles. The molecule has 1 aliphatic heterocycles. The first-order valence-corrected chi connectivity index (χ1v) is 8.08. The van der Waals surface area contributed by atoms with E-state index in [1.165, 1.54) is 10.4 Å². The fourth-order valence-corrected chi connectivity index (χ4v) is 3.81. The van der Waals surface area contributed by atoms with Gasteiger partial charge < -0.3 is 14.7 Å². The normalized spacial score (nSPS) is 22.7. The van der Waals surface area contributed by atoms with Gasteiger partial charge in [0.05, 0.1) is 17.6 Å². The summed E-state index contributed by atoms with van der Waals surface area (Å²) in [5.41, 5.74) is 1.23. The Morgan fingerprint density at radius 2 is 2.10 bits per heavy atom. The quantitative estimate of drug-likeness (QED) is 0.943. The predicted molar refractivity (Wildman–Crippen MR) is 85.1 cm³/mol. The first-order chi connectivity index (χ1) is 9.97. The standard InChI is InChI=1S/C15H21N3O2S/c1-8(2)20-12-6-18(5-11(12)19)14-13-9(3)10(4)21-15(13)17-7-16-14/h7-8,11-12,19H,5-6H2,1-4H3/t11-,12-/m1/s1. The van der Waals surface area contributed by atoms with Gasteiger partial charge in [-0.2, -0.15) is 0 Å². The van der Waals surface area contributed by atoms with Crippen LogP contribution in [0, 0.1) is 13.8 Å². The highest BCUT2D eigenvalue weighted by Gasteiger charge is 2.34. The van der Waals surface area contributed by atoms with Gasteiger partial charge in [0.25, 0.3) is 0 Å². The topological polar surface area (TPSA) is 58.5 Å². The first-order valence-electron chi connectivity index (χ1n) is 7.26. The lowest BCUT2D eigenvalue weighted by Crippen LogP contribution is -2.29. The number of aromatic nitrogens is 2. The molecule has 114 valence electrons. The van der Waals surface area contributed by atoms with Crippen LogP contribution in [0.1, 0.15) is 24.3 Å². The highest BCUT2D eigenvalue weighted by atomic mass is 32.1. The zero-order valence-electron chi connectivity index (χ0n) is 12.8. The molecule has 6 heteroatoms. The molecule has 21 heavy (non-hydrogen) atoms. The summed E-state index contributed by atoms with van der Waals surface area (Å²) in [6, 6.07) is 0. The molecule has 1 N–H and O–H groups in total. The Labute approximate surface area is 128 Å². The predicted octanol–water partition coefficient (Wildman–Crippen LogP) is 2.28. The molecule has 3 rings (SSSR count). The van der Waals surface area contributed by atoms with Gasteiger partial charge in [-0.3, -0.25) is 0 Å². The van der Waals surface area contributed by atoms with Gasteiger partial charge in [-0.25, -0.2) is 9.97 Å². The largest absolute Gasteiger partial charge is 0.388 e. The van der Waals surface area contributed by atoms with Crippen LogP contribution in [0.3, 0.4) is 0 Å². The summed E-state index contributed by atoms with van der Waals surface area (Å²) >= 11 is 1.69. The van der Waals surface area contributed by atoms with E-state index in [2.05, 4.69) is 28.7 Å². The summed E-state index contributed by atoms with van der Waals surface area (Å²) in [7, 11) is 0. The van der Waals surface area contributed by atoms with E-state index in [-0.39, 0.29) is 12.2 Å². The number of anilines is 1. The van der Waals surface area contributed by atoms with Crippen molar-refractivity contribution >= 4 is 27.4 Å². The van der Waals surface area contributed by atoms with Crippen molar-refractivity contribution in [2.75, 3.05) is 18.0 Å². The van der Waals surface area contributed by atoms with Gasteiger partial charge in [0.15, 0.2) is 0 Å². The number of aryl methyl sites for hydroxylation is 2. The molecule has 2 aromatic heterocycles. The van der Waals surface area contributed by atoms with Gasteiger partial charge in [0.1, 0.15) is 23.1 Å². The van der Waals surface area contributed by atoms with Crippen molar-refractivity contribution in [2.24, 2.45) is 0 Å². The molecule has 0 spiro atoms. The molecule has 1 fully saturated rings. The molecule has 0 radical (unpaired) electrons. The maximum absolute atomic E-state index is 10.2. The van der Waals surface area contributed by atoms with Crippen molar-refractivity contribution in [3.8, 4) is 0 Å². The second-order valence-corrected chi connectivity index (χ2v) is 7.06. The number of rotatable bonds is 3. The zero-order valence-corrected chi connectivity index (χ0v) is 13.6. The Bertz CT molecular complexity index is 656. The van der Waals surface area contributed by atoms with Gasteiger partial charge in [-0.1, -0.05) is 0 Å². The van der Waals surface area contributed by atoms with Gasteiger partial charge in [0, 0.05) is 18.0 Å². The second kappa shape index (κ2) is 5.51. The van der Waals surface area contributed by atoms with Crippen molar-refractivity contribution in [1.29, 1.82) is 0 Å². The SMILES string of the molecule is Cc1sc2ncnc(N3C[C@@H](O)[C@H](OC(C)C)C3)c2c1C. The third kappa shape index (κ3) is 2.63. The second-order valence-electron chi connectivity index (χ2n) is 5.86. The molecule has 2 aromatic rings. The van der Waals surface area contributed by atoms with E-state index in [4.69, 9.17) is 4.74 Å². The Balaban J connectivity index is 1.95. The van der Waals surface area contributed by atoms with E-state index in [1.807, 2.05) is 13.8 Å². The lowest BCUT2D eigenvalue weighted by atomic mass is 10.2. The van der Waals surface area contributed by atoms with E-state index >= 15 is 0 Å². The maximum atomic E-state index is 10.2. The number of fused-ring (bicyclic) bond motifs is 1. The molecule has 2 atom stereocenters.